The maximum Gasteiger partial charge on any atom is 0.111 e. The van der Waals surface area contributed by atoms with Crippen LogP contribution in [0.5, 0.6) is 0 Å². The van der Waals surface area contributed by atoms with Gasteiger partial charge in [0, 0.05) is 19.4 Å². The summed E-state index contributed by atoms with van der Waals surface area (Å²) >= 11 is 0. The van der Waals surface area contributed by atoms with E-state index in [-0.39, 0.29) is 0 Å². The topological polar surface area (TPSA) is 59.6 Å². The van der Waals surface area contributed by atoms with Gasteiger partial charge in [-0.3, -0.25) is 4.68 Å². The molecule has 2 aromatic rings. The number of aryl methyl sites for hydroxylation is 1. The van der Waals surface area contributed by atoms with E-state index in [1.54, 1.807) is 10.9 Å². The van der Waals surface area contributed by atoms with Crippen molar-refractivity contribution in [3.05, 3.63) is 24.5 Å². The van der Waals surface area contributed by atoms with Gasteiger partial charge in [0.1, 0.15) is 5.69 Å². The monoisotopic (exact) mass is 162 g/mol. The van der Waals surface area contributed by atoms with Crippen LogP contribution in [0.15, 0.2) is 24.5 Å². The molecule has 0 spiro atoms. The van der Waals surface area contributed by atoms with Gasteiger partial charge in [-0.05, 0) is 12.1 Å². The maximum absolute atomic E-state index is 5.70. The number of aromatic amines is 1. The summed E-state index contributed by atoms with van der Waals surface area (Å²) in [7, 11) is 1.88. The Kier molecular flexibility index (Phi) is 1.40. The molecule has 4 nitrogen and oxygen atoms in total. The lowest BCUT2D eigenvalue weighted by Crippen LogP contribution is -1.90. The molecule has 0 fully saturated rings. The van der Waals surface area contributed by atoms with Gasteiger partial charge < -0.3 is 10.7 Å². The Bertz CT molecular complexity index is 385. The lowest BCUT2D eigenvalue weighted by molar-refractivity contribution is 0.770. The van der Waals surface area contributed by atoms with Crippen molar-refractivity contribution in [2.24, 2.45) is 7.05 Å². The molecule has 0 unspecified atom stereocenters. The average Bonchev–Trinajstić information content (AvgIpc) is 2.58. The number of nitrogens with one attached hydrogen (secondary N) is 1. The van der Waals surface area contributed by atoms with E-state index in [4.69, 9.17) is 5.73 Å². The highest BCUT2D eigenvalue weighted by atomic mass is 15.2. The molecule has 0 aliphatic carbocycles. The lowest BCUT2D eigenvalue weighted by atomic mass is 10.3. The fourth-order valence-electron chi connectivity index (χ4n) is 1.15. The number of hydrogen-bond acceptors (Lipinski definition) is 2. The number of rotatable bonds is 1. The van der Waals surface area contributed by atoms with Gasteiger partial charge in [-0.15, -0.1) is 0 Å². The first-order valence-corrected chi connectivity index (χ1v) is 3.70. The second-order valence-corrected chi connectivity index (χ2v) is 2.68. The van der Waals surface area contributed by atoms with Crippen LogP contribution < -0.4 is 5.73 Å². The van der Waals surface area contributed by atoms with Crippen molar-refractivity contribution in [3.8, 4) is 11.4 Å². The zero-order chi connectivity index (χ0) is 8.55. The standard InChI is InChI=1S/C8H10N4/c1-12-5-3-7(11-12)8-6(9)2-4-10-8/h2-5,10H,9H2,1H3. The zero-order valence-electron chi connectivity index (χ0n) is 6.78. The normalized spacial score (nSPS) is 10.4. The molecular formula is C8H10N4. The first kappa shape index (κ1) is 6.97. The Hall–Kier alpha value is -1.71. The second-order valence-electron chi connectivity index (χ2n) is 2.68. The smallest absolute Gasteiger partial charge is 0.111 e. The molecule has 62 valence electrons. The molecule has 0 radical (unpaired) electrons. The van der Waals surface area contributed by atoms with Gasteiger partial charge >= 0.3 is 0 Å². The molecule has 0 atom stereocenters. The zero-order valence-corrected chi connectivity index (χ0v) is 6.78. The Labute approximate surface area is 70.0 Å². The number of anilines is 1. The van der Waals surface area contributed by atoms with Crippen molar-refractivity contribution >= 4 is 5.69 Å². The SMILES string of the molecule is Cn1ccc(-c2[nH]ccc2N)n1. The van der Waals surface area contributed by atoms with Crippen LogP contribution in [0.3, 0.4) is 0 Å². The summed E-state index contributed by atoms with van der Waals surface area (Å²) in [5.41, 5.74) is 8.19. The highest BCUT2D eigenvalue weighted by Gasteiger charge is 2.04. The van der Waals surface area contributed by atoms with Gasteiger partial charge in [0.15, 0.2) is 0 Å². The van der Waals surface area contributed by atoms with Crippen LogP contribution in [-0.2, 0) is 7.05 Å². The molecule has 2 rings (SSSR count). The summed E-state index contributed by atoms with van der Waals surface area (Å²) < 4.78 is 1.75. The van der Waals surface area contributed by atoms with Gasteiger partial charge in [0.25, 0.3) is 0 Å². The van der Waals surface area contributed by atoms with Crippen LogP contribution in [0, 0.1) is 0 Å². The number of aromatic nitrogens is 3. The van der Waals surface area contributed by atoms with Gasteiger partial charge in [-0.1, -0.05) is 0 Å². The third-order valence-electron chi connectivity index (χ3n) is 1.75. The third kappa shape index (κ3) is 0.972. The van der Waals surface area contributed by atoms with Gasteiger partial charge in [-0.2, -0.15) is 5.10 Å². The van der Waals surface area contributed by atoms with E-state index in [1.807, 2.05) is 25.4 Å². The third-order valence-corrected chi connectivity index (χ3v) is 1.75. The Morgan fingerprint density at radius 3 is 2.83 bits per heavy atom. The summed E-state index contributed by atoms with van der Waals surface area (Å²) in [6, 6.07) is 3.74. The summed E-state index contributed by atoms with van der Waals surface area (Å²) in [5, 5.41) is 4.22. The van der Waals surface area contributed by atoms with E-state index in [0.29, 0.717) is 0 Å². The number of nitrogens with zero attached hydrogens (tertiary/aromatic N) is 2. The van der Waals surface area contributed by atoms with Crippen LogP contribution in [0.25, 0.3) is 11.4 Å². The van der Waals surface area contributed by atoms with Crippen LogP contribution in [-0.4, -0.2) is 14.8 Å². The molecule has 2 aromatic heterocycles. The van der Waals surface area contributed by atoms with Crippen molar-refractivity contribution in [3.63, 3.8) is 0 Å². The molecule has 0 saturated carbocycles. The van der Waals surface area contributed by atoms with Crippen LogP contribution in [0.1, 0.15) is 0 Å². The fourth-order valence-corrected chi connectivity index (χ4v) is 1.15. The summed E-state index contributed by atoms with van der Waals surface area (Å²) in [4.78, 5) is 3.03. The molecule has 12 heavy (non-hydrogen) atoms. The largest absolute Gasteiger partial charge is 0.397 e. The van der Waals surface area contributed by atoms with E-state index in [1.165, 1.54) is 0 Å². The minimum Gasteiger partial charge on any atom is -0.397 e. The fraction of sp³-hybridized carbons (Fsp3) is 0.125. The van der Waals surface area contributed by atoms with Crippen molar-refractivity contribution in [1.29, 1.82) is 0 Å². The Balaban J connectivity index is 2.50. The minimum absolute atomic E-state index is 0.730. The van der Waals surface area contributed by atoms with E-state index in [0.717, 1.165) is 17.1 Å². The lowest BCUT2D eigenvalue weighted by Gasteiger charge is -1.93. The predicted molar refractivity (Wildman–Crippen MR) is 47.4 cm³/mol. The first-order valence-electron chi connectivity index (χ1n) is 3.70. The van der Waals surface area contributed by atoms with E-state index in [9.17, 15) is 0 Å². The molecule has 0 aliphatic heterocycles. The second kappa shape index (κ2) is 2.41. The van der Waals surface area contributed by atoms with Gasteiger partial charge in [0.05, 0.1) is 11.4 Å². The summed E-state index contributed by atoms with van der Waals surface area (Å²) in [6.07, 6.45) is 3.69. The maximum atomic E-state index is 5.70. The molecule has 0 saturated heterocycles. The summed E-state index contributed by atoms with van der Waals surface area (Å²) in [5.74, 6) is 0. The van der Waals surface area contributed by atoms with E-state index >= 15 is 0 Å². The van der Waals surface area contributed by atoms with Gasteiger partial charge in [-0.25, -0.2) is 0 Å². The molecule has 0 bridgehead atoms. The Morgan fingerprint density at radius 1 is 1.50 bits per heavy atom. The molecule has 4 heteroatoms. The number of H-pyrrole nitrogens is 1. The van der Waals surface area contributed by atoms with Crippen LogP contribution >= 0.6 is 0 Å². The molecule has 2 heterocycles. The molecule has 0 aliphatic rings. The average molecular weight is 162 g/mol. The molecule has 3 N–H and O–H groups in total. The molecule has 0 amide bonds. The summed E-state index contributed by atoms with van der Waals surface area (Å²) in [6.45, 7) is 0. The van der Waals surface area contributed by atoms with Crippen molar-refractivity contribution in [2.75, 3.05) is 5.73 Å². The van der Waals surface area contributed by atoms with Crippen molar-refractivity contribution in [1.82, 2.24) is 14.8 Å². The first-order chi connectivity index (χ1) is 5.77. The number of nitrogens with two attached hydrogens (primary N) is 1. The number of nitrogen functional groups attached to an aromatic ring is 1. The van der Waals surface area contributed by atoms with E-state index < -0.39 is 0 Å². The highest BCUT2D eigenvalue weighted by molar-refractivity contribution is 5.69. The number of hydrogen-bond donors (Lipinski definition) is 2. The molecular weight excluding hydrogens is 152 g/mol. The molecule has 0 aromatic carbocycles. The van der Waals surface area contributed by atoms with Crippen molar-refractivity contribution < 1.29 is 0 Å². The highest BCUT2D eigenvalue weighted by Crippen LogP contribution is 2.20. The van der Waals surface area contributed by atoms with Gasteiger partial charge in [0.2, 0.25) is 0 Å². The predicted octanol–water partition coefficient (Wildman–Crippen LogP) is 0.997. The van der Waals surface area contributed by atoms with Crippen LogP contribution in [0.2, 0.25) is 0 Å². The van der Waals surface area contributed by atoms with E-state index in [2.05, 4.69) is 10.1 Å². The minimum atomic E-state index is 0.730. The Morgan fingerprint density at radius 2 is 2.33 bits per heavy atom. The van der Waals surface area contributed by atoms with Crippen LogP contribution in [0.4, 0.5) is 5.69 Å². The quantitative estimate of drug-likeness (QED) is 0.657. The van der Waals surface area contributed by atoms with Crippen molar-refractivity contribution in [2.45, 2.75) is 0 Å².